The number of carbonyl (C=O) groups excluding carboxylic acids is 1. The fraction of sp³-hybridized carbons (Fsp3) is 0.556. The number of ether oxygens (including phenoxy) is 1. The molecule has 192 valence electrons. The first-order valence-electron chi connectivity index (χ1n) is 12.0. The van der Waals surface area contributed by atoms with Crippen LogP contribution in [0.5, 0.6) is 5.88 Å². The Morgan fingerprint density at radius 1 is 1.20 bits per heavy atom. The summed E-state index contributed by atoms with van der Waals surface area (Å²) in [7, 11) is 0. The Kier molecular flexibility index (Phi) is 8.17. The average molecular weight is 490 g/mol. The summed E-state index contributed by atoms with van der Waals surface area (Å²) in [6.45, 7) is 12.0. The summed E-state index contributed by atoms with van der Waals surface area (Å²) in [6.07, 6.45) is 2.46. The van der Waals surface area contributed by atoms with E-state index >= 15 is 0 Å². The Balaban J connectivity index is 1.77. The standard InChI is InChI=1S/C27H37F2N3O3/c1-16(33)32-22(10-17-7-19(28)11-20(29)8-17)24(34)15-30-23-13-27(5,6)35-25-21(23)9-18(14-31-25)12-26(2,3)4/h7-9,11,14,22-24,30,34H,10,12-13,15H2,1-6H3,(H,32,33)/t22-,23-,24+/m0/s1. The highest BCUT2D eigenvalue weighted by molar-refractivity contribution is 5.73. The molecule has 0 saturated heterocycles. The van der Waals surface area contributed by atoms with Crippen LogP contribution in [-0.2, 0) is 17.6 Å². The van der Waals surface area contributed by atoms with Gasteiger partial charge < -0.3 is 20.5 Å². The molecule has 1 aliphatic heterocycles. The fourth-order valence-corrected chi connectivity index (χ4v) is 4.58. The second-order valence-corrected chi connectivity index (χ2v) is 11.4. The van der Waals surface area contributed by atoms with Gasteiger partial charge in [-0.05, 0) is 61.4 Å². The Morgan fingerprint density at radius 3 is 2.46 bits per heavy atom. The van der Waals surface area contributed by atoms with Crippen LogP contribution < -0.4 is 15.4 Å². The maximum absolute atomic E-state index is 13.7. The van der Waals surface area contributed by atoms with Gasteiger partial charge in [0.05, 0.1) is 12.1 Å². The monoisotopic (exact) mass is 489 g/mol. The average Bonchev–Trinajstić information content (AvgIpc) is 2.69. The van der Waals surface area contributed by atoms with Crippen LogP contribution in [0.15, 0.2) is 30.5 Å². The minimum Gasteiger partial charge on any atom is -0.471 e. The van der Waals surface area contributed by atoms with Gasteiger partial charge in [-0.25, -0.2) is 13.8 Å². The molecule has 2 heterocycles. The quantitative estimate of drug-likeness (QED) is 0.517. The van der Waals surface area contributed by atoms with Gasteiger partial charge in [0.2, 0.25) is 11.8 Å². The summed E-state index contributed by atoms with van der Waals surface area (Å²) < 4.78 is 33.4. The first kappa shape index (κ1) is 27.0. The summed E-state index contributed by atoms with van der Waals surface area (Å²) in [4.78, 5) is 16.3. The second-order valence-electron chi connectivity index (χ2n) is 11.4. The van der Waals surface area contributed by atoms with Crippen LogP contribution in [0.4, 0.5) is 8.78 Å². The highest BCUT2D eigenvalue weighted by Gasteiger charge is 2.35. The van der Waals surface area contributed by atoms with E-state index in [9.17, 15) is 18.7 Å². The van der Waals surface area contributed by atoms with E-state index in [4.69, 9.17) is 4.74 Å². The van der Waals surface area contributed by atoms with Crippen LogP contribution in [0.3, 0.4) is 0 Å². The number of fused-ring (bicyclic) bond motifs is 1. The van der Waals surface area contributed by atoms with Crippen LogP contribution in [0.1, 0.15) is 70.7 Å². The summed E-state index contributed by atoms with van der Waals surface area (Å²) in [5.74, 6) is -1.17. The van der Waals surface area contributed by atoms with Gasteiger partial charge in [0.15, 0.2) is 0 Å². The minimum atomic E-state index is -0.995. The number of nitrogens with zero attached hydrogens (tertiary/aromatic N) is 1. The summed E-state index contributed by atoms with van der Waals surface area (Å²) in [5.41, 5.74) is 2.04. The zero-order valence-electron chi connectivity index (χ0n) is 21.4. The summed E-state index contributed by atoms with van der Waals surface area (Å²) >= 11 is 0. The van der Waals surface area contributed by atoms with Crippen LogP contribution in [0.2, 0.25) is 0 Å². The Labute approximate surface area is 206 Å². The van der Waals surface area contributed by atoms with Gasteiger partial charge in [-0.15, -0.1) is 0 Å². The predicted octanol–water partition coefficient (Wildman–Crippen LogP) is 4.25. The van der Waals surface area contributed by atoms with Crippen molar-refractivity contribution >= 4 is 5.91 Å². The first-order valence-corrected chi connectivity index (χ1v) is 12.0. The SMILES string of the molecule is CC(=O)N[C@@H](Cc1cc(F)cc(F)c1)[C@H](O)CN[C@H]1CC(C)(C)Oc2ncc(CC(C)(C)C)cc21. The van der Waals surface area contributed by atoms with Crippen LogP contribution in [0, 0.1) is 17.0 Å². The van der Waals surface area contributed by atoms with E-state index < -0.39 is 29.4 Å². The zero-order valence-corrected chi connectivity index (χ0v) is 21.4. The van der Waals surface area contributed by atoms with E-state index in [1.165, 1.54) is 19.1 Å². The molecule has 0 fully saturated rings. The number of carbonyl (C=O) groups is 1. The molecule has 0 unspecified atom stereocenters. The number of aliphatic hydroxyl groups excluding tert-OH is 1. The molecule has 3 N–H and O–H groups in total. The molecular weight excluding hydrogens is 452 g/mol. The van der Waals surface area contributed by atoms with Crippen LogP contribution in [0.25, 0.3) is 0 Å². The number of aliphatic hydroxyl groups is 1. The number of pyridine rings is 1. The van der Waals surface area contributed by atoms with E-state index in [1.54, 1.807) is 0 Å². The van der Waals surface area contributed by atoms with E-state index in [0.29, 0.717) is 17.9 Å². The lowest BCUT2D eigenvalue weighted by Gasteiger charge is -2.38. The van der Waals surface area contributed by atoms with E-state index in [0.717, 1.165) is 23.6 Å². The van der Waals surface area contributed by atoms with E-state index in [-0.39, 0.29) is 30.3 Å². The number of nitrogens with one attached hydrogen (secondary N) is 2. The van der Waals surface area contributed by atoms with Crippen molar-refractivity contribution < 1.29 is 23.4 Å². The number of aromatic nitrogens is 1. The van der Waals surface area contributed by atoms with Gasteiger partial charge in [-0.2, -0.15) is 0 Å². The number of halogens is 2. The Hall–Kier alpha value is -2.58. The highest BCUT2D eigenvalue weighted by Crippen LogP contribution is 2.39. The Morgan fingerprint density at radius 2 is 1.86 bits per heavy atom. The number of rotatable bonds is 8. The molecule has 1 aromatic heterocycles. The normalized spacial score (nSPS) is 18.8. The van der Waals surface area contributed by atoms with Gasteiger partial charge in [0.1, 0.15) is 17.2 Å². The predicted molar refractivity (Wildman–Crippen MR) is 131 cm³/mol. The van der Waals surface area contributed by atoms with E-state index in [1.807, 2.05) is 20.0 Å². The Bertz CT molecular complexity index is 1030. The minimum absolute atomic E-state index is 0.0876. The molecule has 1 aromatic carbocycles. The lowest BCUT2D eigenvalue weighted by atomic mass is 9.86. The van der Waals surface area contributed by atoms with Crippen molar-refractivity contribution in [1.29, 1.82) is 0 Å². The van der Waals surface area contributed by atoms with Crippen molar-refractivity contribution in [1.82, 2.24) is 15.6 Å². The summed E-state index contributed by atoms with van der Waals surface area (Å²) in [5, 5.41) is 17.1. The second kappa shape index (κ2) is 10.6. The molecule has 0 radical (unpaired) electrons. The number of amides is 1. The summed E-state index contributed by atoms with van der Waals surface area (Å²) in [6, 6.07) is 4.46. The van der Waals surface area contributed by atoms with Crippen molar-refractivity contribution in [3.05, 3.63) is 58.8 Å². The zero-order chi connectivity index (χ0) is 26.0. The molecule has 35 heavy (non-hydrogen) atoms. The lowest BCUT2D eigenvalue weighted by molar-refractivity contribution is -0.120. The number of benzene rings is 1. The molecule has 0 aliphatic carbocycles. The van der Waals surface area contributed by atoms with Gasteiger partial charge >= 0.3 is 0 Å². The molecule has 3 atom stereocenters. The van der Waals surface area contributed by atoms with Crippen molar-refractivity contribution in [2.24, 2.45) is 5.41 Å². The van der Waals surface area contributed by atoms with E-state index in [2.05, 4.69) is 42.5 Å². The molecule has 2 aromatic rings. The third-order valence-corrected chi connectivity index (χ3v) is 5.92. The number of hydrogen-bond donors (Lipinski definition) is 3. The molecule has 6 nitrogen and oxygen atoms in total. The third kappa shape index (κ3) is 7.97. The van der Waals surface area contributed by atoms with Crippen molar-refractivity contribution in [2.75, 3.05) is 6.54 Å². The van der Waals surface area contributed by atoms with Gasteiger partial charge in [-0.1, -0.05) is 20.8 Å². The third-order valence-electron chi connectivity index (χ3n) is 5.92. The van der Waals surface area contributed by atoms with Crippen LogP contribution >= 0.6 is 0 Å². The van der Waals surface area contributed by atoms with Crippen molar-refractivity contribution in [3.63, 3.8) is 0 Å². The molecule has 1 amide bonds. The first-order chi connectivity index (χ1) is 16.2. The molecule has 0 spiro atoms. The largest absolute Gasteiger partial charge is 0.471 e. The van der Waals surface area contributed by atoms with Crippen LogP contribution in [-0.4, -0.2) is 40.3 Å². The van der Waals surface area contributed by atoms with Crippen molar-refractivity contribution in [3.8, 4) is 5.88 Å². The molecule has 3 rings (SSSR count). The highest BCUT2D eigenvalue weighted by atomic mass is 19.1. The molecule has 1 aliphatic rings. The molecule has 0 bridgehead atoms. The maximum atomic E-state index is 13.7. The maximum Gasteiger partial charge on any atom is 0.218 e. The molecular formula is C27H37F2N3O3. The molecule has 0 saturated carbocycles. The number of hydrogen-bond acceptors (Lipinski definition) is 5. The fourth-order valence-electron chi connectivity index (χ4n) is 4.58. The van der Waals surface area contributed by atoms with Gasteiger partial charge in [0, 0.05) is 43.8 Å². The topological polar surface area (TPSA) is 83.5 Å². The van der Waals surface area contributed by atoms with Gasteiger partial charge in [-0.3, -0.25) is 4.79 Å². The molecule has 8 heteroatoms. The smallest absolute Gasteiger partial charge is 0.218 e. The van der Waals surface area contributed by atoms with Gasteiger partial charge in [0.25, 0.3) is 0 Å². The lowest BCUT2D eigenvalue weighted by Crippen LogP contribution is -2.49. The van der Waals surface area contributed by atoms with Crippen molar-refractivity contribution in [2.45, 2.75) is 84.6 Å².